The van der Waals surface area contributed by atoms with Crippen molar-refractivity contribution in [2.24, 2.45) is 0 Å². The third-order valence-electron chi connectivity index (χ3n) is 7.69. The molecule has 0 bridgehead atoms. The van der Waals surface area contributed by atoms with E-state index in [1.807, 2.05) is 69.3 Å². The Morgan fingerprint density at radius 2 is 1.47 bits per heavy atom. The molecule has 0 saturated heterocycles. The number of carbonyl (C=O) groups is 2. The molecule has 236 valence electrons. The number of carbonyl (C=O) groups excluding carboxylic acids is 2. The minimum Gasteiger partial charge on any atom is -0.497 e. The van der Waals surface area contributed by atoms with Crippen LogP contribution >= 0.6 is 0 Å². The summed E-state index contributed by atoms with van der Waals surface area (Å²) in [7, 11) is -2.58. The number of nitrogens with zero attached hydrogens (tertiary/aromatic N) is 2. The normalized spacial score (nSPS) is 12.5. The molecule has 0 aliphatic heterocycles. The van der Waals surface area contributed by atoms with E-state index in [1.54, 1.807) is 55.6 Å². The second kappa shape index (κ2) is 15.4. The predicted molar refractivity (Wildman–Crippen MR) is 178 cm³/mol. The van der Waals surface area contributed by atoms with E-state index in [2.05, 4.69) is 5.32 Å². The molecule has 0 saturated carbocycles. The summed E-state index contributed by atoms with van der Waals surface area (Å²) in [6, 6.07) is 30.8. The van der Waals surface area contributed by atoms with E-state index >= 15 is 0 Å². The molecule has 0 aromatic heterocycles. The van der Waals surface area contributed by atoms with Gasteiger partial charge in [-0.25, -0.2) is 8.42 Å². The van der Waals surface area contributed by atoms with Gasteiger partial charge in [0.05, 0.1) is 17.7 Å². The number of hydrogen-bond donors (Lipinski definition) is 1. The first-order chi connectivity index (χ1) is 21.6. The molecule has 4 aromatic carbocycles. The Bertz CT molecular complexity index is 1660. The number of aryl methyl sites for hydroxylation is 1. The van der Waals surface area contributed by atoms with Gasteiger partial charge in [-0.2, -0.15) is 0 Å². The number of para-hydroxylation sites is 1. The summed E-state index contributed by atoms with van der Waals surface area (Å²) in [5, 5.41) is 3.05. The lowest BCUT2D eigenvalue weighted by molar-refractivity contribution is -0.140. The van der Waals surface area contributed by atoms with Crippen LogP contribution in [0.4, 0.5) is 5.69 Å². The molecule has 9 heteroatoms. The summed E-state index contributed by atoms with van der Waals surface area (Å²) in [5.74, 6) is -0.217. The standard InChI is InChI=1S/C36H41N3O5S/c1-5-28(3)37-36(41)34(24-29-13-8-6-9-14-29)38(25-30-15-12-18-32(23-30)44-4)35(40)26-39(31-16-10-7-11-17-31)45(42,43)33-21-19-27(2)20-22-33/h6-23,28,34H,5,24-26H2,1-4H3,(H,37,41). The Kier molecular flexibility index (Phi) is 11.4. The van der Waals surface area contributed by atoms with Crippen molar-refractivity contribution in [1.29, 1.82) is 0 Å². The third-order valence-corrected chi connectivity index (χ3v) is 9.48. The van der Waals surface area contributed by atoms with E-state index in [9.17, 15) is 18.0 Å². The number of sulfonamides is 1. The first kappa shape index (κ1) is 33.3. The second-order valence-corrected chi connectivity index (χ2v) is 12.9. The summed E-state index contributed by atoms with van der Waals surface area (Å²) in [6.45, 7) is 5.32. The summed E-state index contributed by atoms with van der Waals surface area (Å²) in [4.78, 5) is 30.0. The number of rotatable bonds is 14. The summed E-state index contributed by atoms with van der Waals surface area (Å²) >= 11 is 0. The molecule has 0 fully saturated rings. The first-order valence-electron chi connectivity index (χ1n) is 15.0. The number of amides is 2. The van der Waals surface area contributed by atoms with Crippen molar-refractivity contribution in [2.45, 2.75) is 57.1 Å². The Morgan fingerprint density at radius 3 is 2.09 bits per heavy atom. The molecule has 0 radical (unpaired) electrons. The smallest absolute Gasteiger partial charge is 0.264 e. The zero-order valence-electron chi connectivity index (χ0n) is 26.2. The average Bonchev–Trinajstić information content (AvgIpc) is 3.06. The number of methoxy groups -OCH3 is 1. The molecule has 0 spiro atoms. The van der Waals surface area contributed by atoms with Gasteiger partial charge in [-0.15, -0.1) is 0 Å². The minimum absolute atomic E-state index is 0.0642. The Balaban J connectivity index is 1.80. The van der Waals surface area contributed by atoms with Crippen molar-refractivity contribution in [2.75, 3.05) is 18.0 Å². The van der Waals surface area contributed by atoms with E-state index in [1.165, 1.54) is 17.0 Å². The molecular weight excluding hydrogens is 586 g/mol. The SMILES string of the molecule is CCC(C)NC(=O)C(Cc1ccccc1)N(Cc1cccc(OC)c1)C(=O)CN(c1ccccc1)S(=O)(=O)c1ccc(C)cc1. The fraction of sp³-hybridized carbons (Fsp3) is 0.278. The molecule has 0 heterocycles. The van der Waals surface area contributed by atoms with Crippen molar-refractivity contribution >= 4 is 27.5 Å². The molecule has 1 N–H and O–H groups in total. The molecule has 4 rings (SSSR count). The van der Waals surface area contributed by atoms with Crippen LogP contribution in [0.3, 0.4) is 0 Å². The van der Waals surface area contributed by atoms with Crippen LogP contribution in [0.2, 0.25) is 0 Å². The number of ether oxygens (including phenoxy) is 1. The van der Waals surface area contributed by atoms with Gasteiger partial charge in [-0.1, -0.05) is 85.3 Å². The van der Waals surface area contributed by atoms with Gasteiger partial charge >= 0.3 is 0 Å². The molecule has 2 amide bonds. The summed E-state index contributed by atoms with van der Waals surface area (Å²) < 4.78 is 34.7. The highest BCUT2D eigenvalue weighted by Crippen LogP contribution is 2.25. The second-order valence-electron chi connectivity index (χ2n) is 11.1. The number of hydrogen-bond acceptors (Lipinski definition) is 5. The first-order valence-corrected chi connectivity index (χ1v) is 16.5. The van der Waals surface area contributed by atoms with Gasteiger partial charge in [0.25, 0.3) is 10.0 Å². The fourth-order valence-corrected chi connectivity index (χ4v) is 6.34. The van der Waals surface area contributed by atoms with Crippen molar-refractivity contribution in [3.05, 3.63) is 126 Å². The van der Waals surface area contributed by atoms with Gasteiger partial charge in [0.2, 0.25) is 11.8 Å². The molecule has 45 heavy (non-hydrogen) atoms. The topological polar surface area (TPSA) is 96.0 Å². The molecule has 4 aromatic rings. The van der Waals surface area contributed by atoms with Crippen LogP contribution in [0, 0.1) is 6.92 Å². The maximum atomic E-state index is 14.5. The van der Waals surface area contributed by atoms with Crippen molar-refractivity contribution in [1.82, 2.24) is 10.2 Å². The van der Waals surface area contributed by atoms with Crippen LogP contribution in [-0.4, -0.2) is 50.9 Å². The lowest BCUT2D eigenvalue weighted by Crippen LogP contribution is -2.54. The minimum atomic E-state index is -4.15. The highest BCUT2D eigenvalue weighted by Gasteiger charge is 2.35. The van der Waals surface area contributed by atoms with Gasteiger partial charge in [-0.3, -0.25) is 13.9 Å². The van der Waals surface area contributed by atoms with E-state index in [4.69, 9.17) is 4.74 Å². The maximum absolute atomic E-state index is 14.5. The highest BCUT2D eigenvalue weighted by molar-refractivity contribution is 7.92. The van der Waals surface area contributed by atoms with Gasteiger partial charge in [0.1, 0.15) is 18.3 Å². The molecule has 0 aliphatic carbocycles. The van der Waals surface area contributed by atoms with Crippen molar-refractivity contribution in [3.8, 4) is 5.75 Å². The van der Waals surface area contributed by atoms with Crippen molar-refractivity contribution < 1.29 is 22.7 Å². The van der Waals surface area contributed by atoms with Crippen molar-refractivity contribution in [3.63, 3.8) is 0 Å². The van der Waals surface area contributed by atoms with Gasteiger partial charge in [-0.05, 0) is 67.8 Å². The maximum Gasteiger partial charge on any atom is 0.264 e. The van der Waals surface area contributed by atoms with E-state index < -0.39 is 28.5 Å². The Hall–Kier alpha value is -4.63. The average molecular weight is 628 g/mol. The highest BCUT2D eigenvalue weighted by atomic mass is 32.2. The predicted octanol–water partition coefficient (Wildman–Crippen LogP) is 5.75. The van der Waals surface area contributed by atoms with Crippen LogP contribution < -0.4 is 14.4 Å². The zero-order valence-corrected chi connectivity index (χ0v) is 27.0. The zero-order chi connectivity index (χ0) is 32.4. The fourth-order valence-electron chi connectivity index (χ4n) is 4.92. The van der Waals surface area contributed by atoms with Crippen LogP contribution in [0.25, 0.3) is 0 Å². The summed E-state index contributed by atoms with van der Waals surface area (Å²) in [6.07, 6.45) is 0.957. The Labute approximate surface area is 266 Å². The number of benzene rings is 4. The van der Waals surface area contributed by atoms with Crippen LogP contribution in [0.15, 0.2) is 114 Å². The largest absolute Gasteiger partial charge is 0.497 e. The number of nitrogens with one attached hydrogen (secondary N) is 1. The third kappa shape index (κ3) is 8.73. The van der Waals surface area contributed by atoms with Crippen LogP contribution in [0.5, 0.6) is 5.75 Å². The molecule has 8 nitrogen and oxygen atoms in total. The van der Waals surface area contributed by atoms with E-state index in [-0.39, 0.29) is 29.8 Å². The lowest BCUT2D eigenvalue weighted by Gasteiger charge is -2.34. The molecule has 2 unspecified atom stereocenters. The molecule has 0 aliphatic rings. The van der Waals surface area contributed by atoms with Crippen LogP contribution in [-0.2, 0) is 32.6 Å². The molecule has 2 atom stereocenters. The van der Waals surface area contributed by atoms with E-state index in [0.717, 1.165) is 21.0 Å². The van der Waals surface area contributed by atoms with Gasteiger partial charge in [0.15, 0.2) is 0 Å². The Morgan fingerprint density at radius 1 is 0.844 bits per heavy atom. The van der Waals surface area contributed by atoms with Gasteiger partial charge < -0.3 is 15.0 Å². The van der Waals surface area contributed by atoms with Gasteiger partial charge in [0, 0.05) is 19.0 Å². The quantitative estimate of drug-likeness (QED) is 0.192. The summed E-state index contributed by atoms with van der Waals surface area (Å²) in [5.41, 5.74) is 2.87. The van der Waals surface area contributed by atoms with Crippen LogP contribution in [0.1, 0.15) is 37.0 Å². The van der Waals surface area contributed by atoms with E-state index in [0.29, 0.717) is 17.9 Å². The molecular formula is C36H41N3O5S. The lowest BCUT2D eigenvalue weighted by atomic mass is 10.0. The number of anilines is 1. The monoisotopic (exact) mass is 627 g/mol.